The molecule has 1 aliphatic rings. The maximum absolute atomic E-state index is 12.7. The molecule has 0 saturated carbocycles. The first-order chi connectivity index (χ1) is 13.0. The Labute approximate surface area is 160 Å². The van der Waals surface area contributed by atoms with Gasteiger partial charge in [0.25, 0.3) is 11.8 Å². The monoisotopic (exact) mass is 388 g/mol. The molecule has 0 spiro atoms. The number of halogens is 1. The lowest BCUT2D eigenvalue weighted by molar-refractivity contribution is -0.141. The smallest absolute Gasteiger partial charge is 0.307 e. The first kappa shape index (κ1) is 18.7. The van der Waals surface area contributed by atoms with E-state index in [-0.39, 0.29) is 24.8 Å². The van der Waals surface area contributed by atoms with Gasteiger partial charge in [-0.3, -0.25) is 14.4 Å². The van der Waals surface area contributed by atoms with Gasteiger partial charge in [-0.15, -0.1) is 0 Å². The van der Waals surface area contributed by atoms with Crippen molar-refractivity contribution in [1.82, 2.24) is 5.32 Å². The summed E-state index contributed by atoms with van der Waals surface area (Å²) in [4.78, 5) is 35.8. The Kier molecular flexibility index (Phi) is 5.61. The van der Waals surface area contributed by atoms with Crippen molar-refractivity contribution in [2.45, 2.75) is 12.5 Å². The van der Waals surface area contributed by atoms with Crippen LogP contribution in [0.4, 0.5) is 5.69 Å². The molecule has 1 atom stereocenters. The van der Waals surface area contributed by atoms with Crippen molar-refractivity contribution in [3.8, 4) is 5.75 Å². The summed E-state index contributed by atoms with van der Waals surface area (Å²) in [5, 5.41) is 6.04. The molecule has 0 unspecified atom stereocenters. The standard InChI is InChI=1S/C19H17ClN2O5/c1-26-18(24)9-15(11-2-5-13(20)6-3-11)22-19(25)12-4-7-14-16(8-12)27-10-17(23)21-14/h2-8,15H,9-10H2,1H3,(H,21,23)(H,22,25)/t15-/m0/s1. The SMILES string of the molecule is COC(=O)C[C@H](NC(=O)c1ccc2c(c1)OCC(=O)N2)c1ccc(Cl)cc1. The van der Waals surface area contributed by atoms with Crippen LogP contribution in [0.3, 0.4) is 0 Å². The first-order valence-corrected chi connectivity index (χ1v) is 8.54. The summed E-state index contributed by atoms with van der Waals surface area (Å²) in [6.45, 7) is -0.103. The van der Waals surface area contributed by atoms with Crippen LogP contribution in [0, 0.1) is 0 Å². The van der Waals surface area contributed by atoms with Crippen molar-refractivity contribution in [3.05, 3.63) is 58.6 Å². The van der Waals surface area contributed by atoms with Crippen LogP contribution in [0.25, 0.3) is 0 Å². The molecule has 0 aromatic heterocycles. The number of nitrogens with one attached hydrogen (secondary N) is 2. The summed E-state index contributed by atoms with van der Waals surface area (Å²) in [6.07, 6.45) is -0.0264. The fourth-order valence-corrected chi connectivity index (χ4v) is 2.78. The number of rotatable bonds is 5. The van der Waals surface area contributed by atoms with Crippen LogP contribution in [0.1, 0.15) is 28.4 Å². The summed E-state index contributed by atoms with van der Waals surface area (Å²) in [5.41, 5.74) is 1.57. The van der Waals surface area contributed by atoms with Crippen LogP contribution in [0.15, 0.2) is 42.5 Å². The Bertz CT molecular complexity index is 882. The number of anilines is 1. The predicted molar refractivity (Wildman–Crippen MR) is 98.9 cm³/mol. The van der Waals surface area contributed by atoms with Crippen LogP contribution in [0.2, 0.25) is 5.02 Å². The number of methoxy groups -OCH3 is 1. The van der Waals surface area contributed by atoms with Gasteiger partial charge in [0.15, 0.2) is 6.61 Å². The number of esters is 1. The lowest BCUT2D eigenvalue weighted by atomic mass is 10.0. The zero-order chi connectivity index (χ0) is 19.4. The van der Waals surface area contributed by atoms with Gasteiger partial charge in [0.05, 0.1) is 25.3 Å². The molecule has 2 aromatic rings. The van der Waals surface area contributed by atoms with E-state index in [0.29, 0.717) is 22.0 Å². The van der Waals surface area contributed by atoms with Crippen molar-refractivity contribution in [3.63, 3.8) is 0 Å². The second-order valence-corrected chi connectivity index (χ2v) is 6.34. The average molecular weight is 389 g/mol. The molecule has 2 N–H and O–H groups in total. The molecule has 7 nitrogen and oxygen atoms in total. The van der Waals surface area contributed by atoms with Gasteiger partial charge in [0, 0.05) is 10.6 Å². The predicted octanol–water partition coefficient (Wildman–Crippen LogP) is 2.71. The zero-order valence-electron chi connectivity index (χ0n) is 14.5. The maximum atomic E-state index is 12.7. The molecule has 2 amide bonds. The largest absolute Gasteiger partial charge is 0.482 e. The topological polar surface area (TPSA) is 93.7 Å². The minimum Gasteiger partial charge on any atom is -0.482 e. The van der Waals surface area contributed by atoms with E-state index in [0.717, 1.165) is 5.56 Å². The van der Waals surface area contributed by atoms with E-state index in [2.05, 4.69) is 10.6 Å². The molecule has 140 valence electrons. The Morgan fingerprint density at radius 2 is 2.00 bits per heavy atom. The number of hydrogen-bond acceptors (Lipinski definition) is 5. The van der Waals surface area contributed by atoms with Gasteiger partial charge in [0.2, 0.25) is 0 Å². The quantitative estimate of drug-likeness (QED) is 0.768. The number of fused-ring (bicyclic) bond motifs is 1. The van der Waals surface area contributed by atoms with Crippen LogP contribution < -0.4 is 15.4 Å². The molecular weight excluding hydrogens is 372 g/mol. The molecule has 1 aliphatic heterocycles. The van der Waals surface area contributed by atoms with Crippen LogP contribution in [0.5, 0.6) is 5.75 Å². The Morgan fingerprint density at radius 1 is 1.26 bits per heavy atom. The van der Waals surface area contributed by atoms with Crippen molar-refractivity contribution < 1.29 is 23.9 Å². The molecule has 27 heavy (non-hydrogen) atoms. The summed E-state index contributed by atoms with van der Waals surface area (Å²) in [5.74, 6) is -0.673. The number of benzene rings is 2. The van der Waals surface area contributed by atoms with E-state index >= 15 is 0 Å². The highest BCUT2D eigenvalue weighted by Crippen LogP contribution is 2.29. The molecule has 0 bridgehead atoms. The molecule has 8 heteroatoms. The third-order valence-electron chi connectivity index (χ3n) is 4.05. The van der Waals surface area contributed by atoms with E-state index in [1.165, 1.54) is 7.11 Å². The number of ether oxygens (including phenoxy) is 2. The van der Waals surface area contributed by atoms with E-state index < -0.39 is 12.0 Å². The Balaban J connectivity index is 1.80. The minimum atomic E-state index is -0.584. The van der Waals surface area contributed by atoms with Crippen molar-refractivity contribution in [2.24, 2.45) is 0 Å². The summed E-state index contributed by atoms with van der Waals surface area (Å²) >= 11 is 5.91. The van der Waals surface area contributed by atoms with Crippen LogP contribution in [-0.2, 0) is 14.3 Å². The van der Waals surface area contributed by atoms with Gasteiger partial charge in [-0.05, 0) is 35.9 Å². The van der Waals surface area contributed by atoms with E-state index in [1.54, 1.807) is 42.5 Å². The fourth-order valence-electron chi connectivity index (χ4n) is 2.65. The van der Waals surface area contributed by atoms with Crippen LogP contribution >= 0.6 is 11.6 Å². The molecule has 0 fully saturated rings. The highest BCUT2D eigenvalue weighted by molar-refractivity contribution is 6.30. The number of amides is 2. The molecule has 0 aliphatic carbocycles. The highest BCUT2D eigenvalue weighted by atomic mass is 35.5. The lowest BCUT2D eigenvalue weighted by Crippen LogP contribution is -2.31. The third-order valence-corrected chi connectivity index (χ3v) is 4.30. The van der Waals surface area contributed by atoms with Gasteiger partial charge < -0.3 is 20.1 Å². The maximum Gasteiger partial charge on any atom is 0.307 e. The third kappa shape index (κ3) is 4.57. The summed E-state index contributed by atoms with van der Waals surface area (Å²) < 4.78 is 10.1. The number of hydrogen-bond donors (Lipinski definition) is 2. The summed E-state index contributed by atoms with van der Waals surface area (Å²) in [7, 11) is 1.29. The molecule has 0 radical (unpaired) electrons. The van der Waals surface area contributed by atoms with E-state index in [4.69, 9.17) is 21.1 Å². The Hall–Kier alpha value is -3.06. The van der Waals surface area contributed by atoms with Gasteiger partial charge in [-0.1, -0.05) is 23.7 Å². The summed E-state index contributed by atoms with van der Waals surface area (Å²) in [6, 6.07) is 11.0. The molecule has 3 rings (SSSR count). The second-order valence-electron chi connectivity index (χ2n) is 5.91. The highest BCUT2D eigenvalue weighted by Gasteiger charge is 2.22. The molecular formula is C19H17ClN2O5. The Morgan fingerprint density at radius 3 is 2.70 bits per heavy atom. The van der Waals surface area contributed by atoms with Crippen molar-refractivity contribution in [2.75, 3.05) is 19.0 Å². The number of carbonyl (C=O) groups is 3. The average Bonchev–Trinajstić information content (AvgIpc) is 2.67. The van der Waals surface area contributed by atoms with Gasteiger partial charge in [-0.25, -0.2) is 0 Å². The van der Waals surface area contributed by atoms with E-state index in [9.17, 15) is 14.4 Å². The lowest BCUT2D eigenvalue weighted by Gasteiger charge is -2.20. The van der Waals surface area contributed by atoms with Crippen molar-refractivity contribution in [1.29, 1.82) is 0 Å². The molecule has 2 aromatic carbocycles. The first-order valence-electron chi connectivity index (χ1n) is 8.16. The second kappa shape index (κ2) is 8.09. The normalized spacial score (nSPS) is 13.6. The van der Waals surface area contributed by atoms with Gasteiger partial charge >= 0.3 is 5.97 Å². The fraction of sp³-hybridized carbons (Fsp3) is 0.211. The number of carbonyl (C=O) groups excluding carboxylic acids is 3. The molecule has 0 saturated heterocycles. The van der Waals surface area contributed by atoms with Gasteiger partial charge in [0.1, 0.15) is 5.75 Å². The zero-order valence-corrected chi connectivity index (χ0v) is 15.2. The van der Waals surface area contributed by atoms with Gasteiger partial charge in [-0.2, -0.15) is 0 Å². The van der Waals surface area contributed by atoms with E-state index in [1.807, 2.05) is 0 Å². The van der Waals surface area contributed by atoms with Crippen molar-refractivity contribution >= 4 is 35.1 Å². The minimum absolute atomic E-state index is 0.0264. The molecule has 1 heterocycles. The van der Waals surface area contributed by atoms with Crippen LogP contribution in [-0.4, -0.2) is 31.5 Å².